The molecule has 0 heterocycles. The Hall–Kier alpha value is -1.49. The smallest absolute Gasteiger partial charge is 0.316 e. The lowest BCUT2D eigenvalue weighted by atomic mass is 10.1. The molecule has 5 heteroatoms. The maximum Gasteiger partial charge on any atom is 0.316 e. The van der Waals surface area contributed by atoms with Crippen LogP contribution in [0.1, 0.15) is 33.6 Å². The van der Waals surface area contributed by atoms with Crippen molar-refractivity contribution in [2.75, 3.05) is 5.32 Å². The van der Waals surface area contributed by atoms with E-state index in [1.54, 1.807) is 6.07 Å². The predicted octanol–water partition coefficient (Wildman–Crippen LogP) is 3.63. The molecule has 0 saturated heterocycles. The molecule has 0 bridgehead atoms. The largest absolute Gasteiger partial charge is 0.480 e. The molecule has 0 radical (unpaired) electrons. The minimum Gasteiger partial charge on any atom is -0.480 e. The number of anilines is 1. The molecule has 0 saturated carbocycles. The summed E-state index contributed by atoms with van der Waals surface area (Å²) in [5.41, 5.74) is 0.683. The topological polar surface area (TPSA) is 66.4 Å². The molecule has 0 aliphatic heterocycles. The van der Waals surface area contributed by atoms with Gasteiger partial charge in [-0.15, -0.1) is 11.8 Å². The van der Waals surface area contributed by atoms with Gasteiger partial charge in [-0.3, -0.25) is 9.59 Å². The number of carboxylic acids is 1. The summed E-state index contributed by atoms with van der Waals surface area (Å²) in [6, 6.07) is 7.31. The van der Waals surface area contributed by atoms with Gasteiger partial charge in [-0.25, -0.2) is 0 Å². The fourth-order valence-electron chi connectivity index (χ4n) is 1.71. The number of aliphatic carboxylic acids is 1. The third-order valence-corrected chi connectivity index (χ3v) is 4.10. The third kappa shape index (κ3) is 5.25. The molecule has 1 amide bonds. The van der Waals surface area contributed by atoms with Crippen LogP contribution in [-0.4, -0.2) is 22.2 Å². The Morgan fingerprint density at radius 2 is 1.95 bits per heavy atom. The molecule has 20 heavy (non-hydrogen) atoms. The van der Waals surface area contributed by atoms with Crippen LogP contribution in [0.3, 0.4) is 0 Å². The van der Waals surface area contributed by atoms with Gasteiger partial charge in [0.15, 0.2) is 0 Å². The van der Waals surface area contributed by atoms with E-state index in [0.717, 1.165) is 4.90 Å². The zero-order valence-corrected chi connectivity index (χ0v) is 12.9. The number of carbonyl (C=O) groups excluding carboxylic acids is 1. The zero-order chi connectivity index (χ0) is 15.1. The Morgan fingerprint density at radius 3 is 2.50 bits per heavy atom. The summed E-state index contributed by atoms with van der Waals surface area (Å²) in [6.45, 7) is 5.81. The highest BCUT2D eigenvalue weighted by Crippen LogP contribution is 2.32. The van der Waals surface area contributed by atoms with Gasteiger partial charge in [0, 0.05) is 11.3 Å². The first-order valence-electron chi connectivity index (χ1n) is 6.72. The highest BCUT2D eigenvalue weighted by Gasteiger charge is 2.18. The van der Waals surface area contributed by atoms with E-state index in [1.807, 2.05) is 39.0 Å². The standard InChI is InChI=1S/C15H21NO3S/c1-4-12(15(18)19)20-13-8-6-5-7-11(13)16-14(17)9-10(2)3/h5-8,10,12H,4,9H2,1-3H3,(H,16,17)(H,18,19)/t12-/m1/s1. The van der Waals surface area contributed by atoms with Crippen molar-refractivity contribution in [2.45, 2.75) is 43.8 Å². The van der Waals surface area contributed by atoms with E-state index < -0.39 is 11.2 Å². The van der Waals surface area contributed by atoms with Gasteiger partial charge >= 0.3 is 5.97 Å². The molecule has 2 N–H and O–H groups in total. The number of thioether (sulfide) groups is 1. The first-order chi connectivity index (χ1) is 9.43. The fourth-order valence-corrected chi connectivity index (χ4v) is 2.68. The number of nitrogens with one attached hydrogen (secondary N) is 1. The van der Waals surface area contributed by atoms with Gasteiger partial charge < -0.3 is 10.4 Å². The van der Waals surface area contributed by atoms with E-state index in [-0.39, 0.29) is 11.8 Å². The average Bonchev–Trinajstić information content (AvgIpc) is 2.36. The van der Waals surface area contributed by atoms with Crippen molar-refractivity contribution in [3.05, 3.63) is 24.3 Å². The van der Waals surface area contributed by atoms with Crippen molar-refractivity contribution in [1.29, 1.82) is 0 Å². The van der Waals surface area contributed by atoms with Crippen LogP contribution in [-0.2, 0) is 9.59 Å². The highest BCUT2D eigenvalue weighted by atomic mass is 32.2. The molecular weight excluding hydrogens is 274 g/mol. The van der Waals surface area contributed by atoms with E-state index >= 15 is 0 Å². The molecule has 1 rings (SSSR count). The molecule has 0 unspecified atom stereocenters. The Kier molecular flexibility index (Phi) is 6.58. The number of amides is 1. The number of hydrogen-bond acceptors (Lipinski definition) is 3. The van der Waals surface area contributed by atoms with Gasteiger partial charge in [0.05, 0.1) is 5.69 Å². The number of benzene rings is 1. The molecule has 0 aromatic heterocycles. The molecule has 0 fully saturated rings. The molecule has 1 atom stereocenters. The van der Waals surface area contributed by atoms with Crippen LogP contribution in [0.2, 0.25) is 0 Å². The molecule has 4 nitrogen and oxygen atoms in total. The summed E-state index contributed by atoms with van der Waals surface area (Å²) in [5, 5.41) is 11.5. The van der Waals surface area contributed by atoms with Gasteiger partial charge in [-0.05, 0) is 24.5 Å². The minimum absolute atomic E-state index is 0.0450. The van der Waals surface area contributed by atoms with Crippen LogP contribution < -0.4 is 5.32 Å². The molecule has 1 aromatic carbocycles. The van der Waals surface area contributed by atoms with Gasteiger partial charge in [0.1, 0.15) is 5.25 Å². The van der Waals surface area contributed by atoms with Crippen molar-refractivity contribution in [2.24, 2.45) is 5.92 Å². The summed E-state index contributed by atoms with van der Waals surface area (Å²) in [7, 11) is 0. The lowest BCUT2D eigenvalue weighted by Crippen LogP contribution is -2.17. The minimum atomic E-state index is -0.833. The third-order valence-electron chi connectivity index (χ3n) is 2.67. The Morgan fingerprint density at radius 1 is 1.30 bits per heavy atom. The highest BCUT2D eigenvalue weighted by molar-refractivity contribution is 8.00. The van der Waals surface area contributed by atoms with Crippen molar-refractivity contribution >= 4 is 29.3 Å². The second kappa shape index (κ2) is 7.94. The van der Waals surface area contributed by atoms with Gasteiger partial charge in [-0.2, -0.15) is 0 Å². The van der Waals surface area contributed by atoms with E-state index in [4.69, 9.17) is 5.11 Å². The summed E-state index contributed by atoms with van der Waals surface area (Å²) in [5.74, 6) is -0.588. The maximum absolute atomic E-state index is 11.8. The number of para-hydroxylation sites is 1. The zero-order valence-electron chi connectivity index (χ0n) is 12.1. The summed E-state index contributed by atoms with van der Waals surface area (Å²) < 4.78 is 0. The van der Waals surface area contributed by atoms with Crippen LogP contribution in [0.4, 0.5) is 5.69 Å². The van der Waals surface area contributed by atoms with Crippen LogP contribution in [0, 0.1) is 5.92 Å². The fraction of sp³-hybridized carbons (Fsp3) is 0.467. The molecule has 1 aromatic rings. The van der Waals surface area contributed by atoms with Gasteiger partial charge in [0.25, 0.3) is 0 Å². The predicted molar refractivity (Wildman–Crippen MR) is 82.1 cm³/mol. The van der Waals surface area contributed by atoms with Crippen LogP contribution >= 0.6 is 11.8 Å². The Labute approximate surface area is 124 Å². The average molecular weight is 295 g/mol. The first-order valence-corrected chi connectivity index (χ1v) is 7.60. The Bertz CT molecular complexity index is 474. The van der Waals surface area contributed by atoms with E-state index in [0.29, 0.717) is 18.5 Å². The second-order valence-electron chi connectivity index (χ2n) is 5.00. The molecular formula is C15H21NO3S. The van der Waals surface area contributed by atoms with E-state index in [9.17, 15) is 9.59 Å². The van der Waals surface area contributed by atoms with E-state index in [1.165, 1.54) is 11.8 Å². The van der Waals surface area contributed by atoms with Gasteiger partial charge in [0.2, 0.25) is 5.91 Å². The van der Waals surface area contributed by atoms with Crippen molar-refractivity contribution in [3.63, 3.8) is 0 Å². The van der Waals surface area contributed by atoms with Crippen molar-refractivity contribution < 1.29 is 14.7 Å². The summed E-state index contributed by atoms with van der Waals surface area (Å²) >= 11 is 1.27. The molecule has 0 spiro atoms. The number of hydrogen-bond donors (Lipinski definition) is 2. The molecule has 110 valence electrons. The van der Waals surface area contributed by atoms with Gasteiger partial charge in [-0.1, -0.05) is 32.9 Å². The SMILES string of the molecule is CC[C@@H](Sc1ccccc1NC(=O)CC(C)C)C(=O)O. The molecule has 0 aliphatic rings. The summed E-state index contributed by atoms with van der Waals surface area (Å²) in [4.78, 5) is 23.7. The lowest BCUT2D eigenvalue weighted by Gasteiger charge is -2.14. The number of carbonyl (C=O) groups is 2. The normalized spacial score (nSPS) is 12.2. The number of rotatable bonds is 7. The number of carboxylic acid groups (broad SMARTS) is 1. The molecule has 0 aliphatic carbocycles. The van der Waals surface area contributed by atoms with Crippen molar-refractivity contribution in [1.82, 2.24) is 0 Å². The monoisotopic (exact) mass is 295 g/mol. The second-order valence-corrected chi connectivity index (χ2v) is 6.24. The Balaban J connectivity index is 2.82. The quantitative estimate of drug-likeness (QED) is 0.754. The first kappa shape index (κ1) is 16.6. The van der Waals surface area contributed by atoms with Crippen LogP contribution in [0.25, 0.3) is 0 Å². The van der Waals surface area contributed by atoms with Crippen molar-refractivity contribution in [3.8, 4) is 0 Å². The van der Waals surface area contributed by atoms with Crippen LogP contribution in [0.15, 0.2) is 29.2 Å². The lowest BCUT2D eigenvalue weighted by molar-refractivity contribution is -0.136. The van der Waals surface area contributed by atoms with E-state index in [2.05, 4.69) is 5.32 Å². The van der Waals surface area contributed by atoms with Crippen LogP contribution in [0.5, 0.6) is 0 Å². The summed E-state index contributed by atoms with van der Waals surface area (Å²) in [6.07, 6.45) is 0.989. The maximum atomic E-state index is 11.8.